The van der Waals surface area contributed by atoms with E-state index in [4.69, 9.17) is 10.5 Å². The fourth-order valence-electron chi connectivity index (χ4n) is 1.58. The highest BCUT2D eigenvalue weighted by Crippen LogP contribution is 2.16. The number of nitrogens with zero attached hydrogens (tertiary/aromatic N) is 1. The van der Waals surface area contributed by atoms with Gasteiger partial charge in [0.15, 0.2) is 5.69 Å². The number of carbonyl (C=O) groups excluding carboxylic acids is 1. The molecule has 6 heteroatoms. The molecule has 1 aromatic heterocycles. The molecule has 0 amide bonds. The molecule has 0 saturated heterocycles. The summed E-state index contributed by atoms with van der Waals surface area (Å²) >= 11 is 0. The minimum Gasteiger partial charge on any atom is -0.464 e. The molecule has 0 aromatic carbocycles. The molecule has 3 N–H and O–H groups in total. The summed E-state index contributed by atoms with van der Waals surface area (Å²) in [4.78, 5) is 15.5. The summed E-state index contributed by atoms with van der Waals surface area (Å²) in [6.07, 6.45) is 2.16. The average Bonchev–Trinajstić information content (AvgIpc) is 2.43. The zero-order valence-corrected chi connectivity index (χ0v) is 12.3. The van der Waals surface area contributed by atoms with E-state index in [9.17, 15) is 4.79 Å². The van der Waals surface area contributed by atoms with Crippen molar-refractivity contribution in [3.8, 4) is 0 Å². The van der Waals surface area contributed by atoms with Crippen LogP contribution >= 0.6 is 0 Å². The molecule has 0 fully saturated rings. The summed E-state index contributed by atoms with van der Waals surface area (Å²) in [5.41, 5.74) is 6.56. The monoisotopic (exact) mass is 281 g/mol. The highest BCUT2D eigenvalue weighted by Gasteiger charge is 2.09. The van der Waals surface area contributed by atoms with Crippen LogP contribution in [0, 0.1) is 0 Å². The maximum atomic E-state index is 11.4. The summed E-state index contributed by atoms with van der Waals surface area (Å²) < 4.78 is 10.1. The molecule has 20 heavy (non-hydrogen) atoms. The predicted molar refractivity (Wildman–Crippen MR) is 78.8 cm³/mol. The fraction of sp³-hybridized carbons (Fsp3) is 0.571. The number of rotatable bonds is 8. The zero-order chi connectivity index (χ0) is 15.0. The lowest BCUT2D eigenvalue weighted by Crippen LogP contribution is -2.11. The maximum Gasteiger partial charge on any atom is 0.356 e. The normalized spacial score (nSPS) is 10.6. The van der Waals surface area contributed by atoms with E-state index in [0.29, 0.717) is 11.5 Å². The van der Waals surface area contributed by atoms with Crippen molar-refractivity contribution in [2.24, 2.45) is 0 Å². The Balaban J connectivity index is 2.41. The van der Waals surface area contributed by atoms with Gasteiger partial charge in [-0.05, 0) is 38.8 Å². The molecule has 0 saturated carbocycles. The average molecular weight is 281 g/mol. The lowest BCUT2D eigenvalue weighted by atomic mass is 10.3. The molecule has 0 bridgehead atoms. The van der Waals surface area contributed by atoms with Gasteiger partial charge in [-0.2, -0.15) is 0 Å². The number of unbranched alkanes of at least 4 members (excludes halogenated alkanes) is 1. The summed E-state index contributed by atoms with van der Waals surface area (Å²) in [5.74, 6) is 0.0380. The van der Waals surface area contributed by atoms with Crippen LogP contribution in [0.2, 0.25) is 0 Å². The number of carbonyl (C=O) groups is 1. The van der Waals surface area contributed by atoms with Crippen LogP contribution in [0.15, 0.2) is 12.1 Å². The molecule has 1 rings (SSSR count). The van der Waals surface area contributed by atoms with Gasteiger partial charge in [0.1, 0.15) is 5.82 Å². The summed E-state index contributed by atoms with van der Waals surface area (Å²) in [6.45, 7) is 5.50. The van der Waals surface area contributed by atoms with Crippen LogP contribution < -0.4 is 11.1 Å². The number of nitrogens with one attached hydrogen (secondary N) is 1. The number of aromatic nitrogens is 1. The molecule has 1 heterocycles. The van der Waals surface area contributed by atoms with E-state index >= 15 is 0 Å². The number of anilines is 2. The Morgan fingerprint density at radius 2 is 2.15 bits per heavy atom. The Hall–Kier alpha value is -1.82. The highest BCUT2D eigenvalue weighted by molar-refractivity contribution is 5.88. The number of esters is 1. The fourth-order valence-corrected chi connectivity index (χ4v) is 1.58. The highest BCUT2D eigenvalue weighted by atomic mass is 16.5. The van der Waals surface area contributed by atoms with Gasteiger partial charge in [-0.25, -0.2) is 9.78 Å². The van der Waals surface area contributed by atoms with Crippen molar-refractivity contribution in [1.82, 2.24) is 4.98 Å². The first-order valence-corrected chi connectivity index (χ1v) is 6.75. The standard InChI is InChI=1S/C14H23N3O3/c1-10(2)20-9-5-4-8-16-13-11(15)6-7-12(17-13)14(18)19-3/h6-7,10H,4-5,8-9,15H2,1-3H3,(H,16,17). The van der Waals surface area contributed by atoms with Crippen LogP contribution in [0.5, 0.6) is 0 Å². The Morgan fingerprint density at radius 1 is 1.40 bits per heavy atom. The van der Waals surface area contributed by atoms with Crippen LogP contribution in [0.3, 0.4) is 0 Å². The molecule has 0 aliphatic rings. The molecule has 0 radical (unpaired) electrons. The Labute approximate surface area is 119 Å². The number of nitrogen functional groups attached to an aromatic ring is 1. The summed E-state index contributed by atoms with van der Waals surface area (Å²) in [5, 5.41) is 3.12. The molecule has 0 unspecified atom stereocenters. The first kappa shape index (κ1) is 16.2. The van der Waals surface area contributed by atoms with E-state index in [-0.39, 0.29) is 11.8 Å². The third kappa shape index (κ3) is 5.44. The summed E-state index contributed by atoms with van der Waals surface area (Å²) in [7, 11) is 1.32. The van der Waals surface area contributed by atoms with Gasteiger partial charge in [-0.1, -0.05) is 0 Å². The van der Waals surface area contributed by atoms with Crippen LogP contribution in [0.25, 0.3) is 0 Å². The minimum atomic E-state index is -0.474. The first-order chi connectivity index (χ1) is 9.54. The lowest BCUT2D eigenvalue weighted by Gasteiger charge is -2.10. The molecule has 0 aliphatic carbocycles. The third-order valence-corrected chi connectivity index (χ3v) is 2.64. The smallest absolute Gasteiger partial charge is 0.356 e. The van der Waals surface area contributed by atoms with Gasteiger partial charge in [-0.15, -0.1) is 0 Å². The quantitative estimate of drug-likeness (QED) is 0.560. The molecule has 0 spiro atoms. The topological polar surface area (TPSA) is 86.5 Å². The Morgan fingerprint density at radius 3 is 2.80 bits per heavy atom. The first-order valence-electron chi connectivity index (χ1n) is 6.75. The van der Waals surface area contributed by atoms with Gasteiger partial charge in [0.2, 0.25) is 0 Å². The number of hydrogen-bond acceptors (Lipinski definition) is 6. The number of hydrogen-bond donors (Lipinski definition) is 2. The second kappa shape index (κ2) is 8.37. The molecular formula is C14H23N3O3. The van der Waals surface area contributed by atoms with Crippen molar-refractivity contribution in [1.29, 1.82) is 0 Å². The number of pyridine rings is 1. The predicted octanol–water partition coefficient (Wildman–Crippen LogP) is 2.07. The molecular weight excluding hydrogens is 258 g/mol. The number of nitrogens with two attached hydrogens (primary N) is 1. The van der Waals surface area contributed by atoms with Crippen LogP contribution in [0.4, 0.5) is 11.5 Å². The second-order valence-electron chi connectivity index (χ2n) is 4.68. The molecule has 0 atom stereocenters. The maximum absolute atomic E-state index is 11.4. The molecule has 112 valence electrons. The Kier molecular flexibility index (Phi) is 6.79. The van der Waals surface area contributed by atoms with E-state index in [0.717, 1.165) is 26.0 Å². The van der Waals surface area contributed by atoms with Gasteiger partial charge in [-0.3, -0.25) is 0 Å². The Bertz CT molecular complexity index is 436. The van der Waals surface area contributed by atoms with E-state index < -0.39 is 5.97 Å². The van der Waals surface area contributed by atoms with E-state index in [1.807, 2.05) is 13.8 Å². The van der Waals surface area contributed by atoms with Crippen molar-refractivity contribution in [3.63, 3.8) is 0 Å². The van der Waals surface area contributed by atoms with Gasteiger partial charge in [0.05, 0.1) is 18.9 Å². The van der Waals surface area contributed by atoms with Crippen molar-refractivity contribution in [3.05, 3.63) is 17.8 Å². The second-order valence-corrected chi connectivity index (χ2v) is 4.68. The van der Waals surface area contributed by atoms with Crippen molar-refractivity contribution >= 4 is 17.5 Å². The van der Waals surface area contributed by atoms with E-state index in [2.05, 4.69) is 15.0 Å². The van der Waals surface area contributed by atoms with E-state index in [1.54, 1.807) is 12.1 Å². The van der Waals surface area contributed by atoms with Crippen LogP contribution in [0.1, 0.15) is 37.2 Å². The zero-order valence-electron chi connectivity index (χ0n) is 12.3. The largest absolute Gasteiger partial charge is 0.464 e. The van der Waals surface area contributed by atoms with Crippen LogP contribution in [-0.2, 0) is 9.47 Å². The van der Waals surface area contributed by atoms with Gasteiger partial charge in [0.25, 0.3) is 0 Å². The van der Waals surface area contributed by atoms with Crippen LogP contribution in [-0.4, -0.2) is 37.3 Å². The van der Waals surface area contributed by atoms with Gasteiger partial charge in [0, 0.05) is 13.2 Å². The van der Waals surface area contributed by atoms with Gasteiger partial charge < -0.3 is 20.5 Å². The van der Waals surface area contributed by atoms with Crippen molar-refractivity contribution in [2.75, 3.05) is 31.3 Å². The summed E-state index contributed by atoms with van der Waals surface area (Å²) in [6, 6.07) is 3.19. The SMILES string of the molecule is COC(=O)c1ccc(N)c(NCCCCOC(C)C)n1. The van der Waals surface area contributed by atoms with E-state index in [1.165, 1.54) is 7.11 Å². The van der Waals surface area contributed by atoms with Crippen molar-refractivity contribution in [2.45, 2.75) is 32.8 Å². The molecule has 6 nitrogen and oxygen atoms in total. The lowest BCUT2D eigenvalue weighted by molar-refractivity contribution is 0.0594. The van der Waals surface area contributed by atoms with Crippen molar-refractivity contribution < 1.29 is 14.3 Å². The number of ether oxygens (including phenoxy) is 2. The van der Waals surface area contributed by atoms with Gasteiger partial charge >= 0.3 is 5.97 Å². The minimum absolute atomic E-state index is 0.243. The number of methoxy groups -OCH3 is 1. The molecule has 1 aromatic rings. The third-order valence-electron chi connectivity index (χ3n) is 2.64. The molecule has 0 aliphatic heterocycles.